The summed E-state index contributed by atoms with van der Waals surface area (Å²) in [7, 11) is 1.14. The molecule has 3 aromatic carbocycles. The van der Waals surface area contributed by atoms with Crippen molar-refractivity contribution in [1.82, 2.24) is 10.6 Å². The first kappa shape index (κ1) is 23.4. The molecule has 162 valence electrons. The van der Waals surface area contributed by atoms with Crippen molar-refractivity contribution in [3.63, 3.8) is 0 Å². The SMILES string of the molecule is CC(C)(C)OC(=O)NC(=BOC#N)NCc1cccc2c(-c3ccc(Br)cc3)cccc12. The Labute approximate surface area is 196 Å². The Kier molecular flexibility index (Phi) is 7.55. The molecule has 0 aliphatic carbocycles. The minimum atomic E-state index is -0.648. The summed E-state index contributed by atoms with van der Waals surface area (Å²) < 4.78 is 11.0. The third-order valence-corrected chi connectivity index (χ3v) is 5.03. The van der Waals surface area contributed by atoms with E-state index in [0.717, 1.165) is 39.1 Å². The third-order valence-electron chi connectivity index (χ3n) is 4.50. The van der Waals surface area contributed by atoms with Gasteiger partial charge in [-0.1, -0.05) is 0 Å². The van der Waals surface area contributed by atoms with Gasteiger partial charge in [-0.2, -0.15) is 0 Å². The van der Waals surface area contributed by atoms with Gasteiger partial charge in [0, 0.05) is 0 Å². The van der Waals surface area contributed by atoms with Gasteiger partial charge < -0.3 is 0 Å². The molecule has 0 radical (unpaired) electrons. The first-order chi connectivity index (χ1) is 15.3. The summed E-state index contributed by atoms with van der Waals surface area (Å²) in [4.78, 5) is 12.1. The number of benzene rings is 3. The number of alkyl carbamates (subject to hydrolysis) is 1. The van der Waals surface area contributed by atoms with Gasteiger partial charge in [-0.15, -0.1) is 0 Å². The van der Waals surface area contributed by atoms with Crippen LogP contribution >= 0.6 is 15.9 Å². The first-order valence-corrected chi connectivity index (χ1v) is 10.8. The van der Waals surface area contributed by atoms with Gasteiger partial charge >= 0.3 is 197 Å². The van der Waals surface area contributed by atoms with Crippen molar-refractivity contribution in [3.8, 4) is 17.4 Å². The summed E-state index contributed by atoms with van der Waals surface area (Å²) in [5.74, 6) is 0. The maximum absolute atomic E-state index is 12.1. The number of carbonyl (C=O) groups is 1. The molecule has 8 heteroatoms. The molecule has 0 saturated heterocycles. The van der Waals surface area contributed by atoms with E-state index in [9.17, 15) is 4.79 Å². The van der Waals surface area contributed by atoms with E-state index in [1.165, 1.54) is 0 Å². The van der Waals surface area contributed by atoms with Gasteiger partial charge in [0.05, 0.1) is 0 Å². The fourth-order valence-corrected chi connectivity index (χ4v) is 3.48. The molecule has 0 fully saturated rings. The molecule has 3 rings (SSSR count). The van der Waals surface area contributed by atoms with E-state index in [0.29, 0.717) is 6.54 Å². The summed E-state index contributed by atoms with van der Waals surface area (Å²) >= 11 is 3.48. The molecular weight excluding hydrogens is 469 g/mol. The number of hydrogen-bond donors (Lipinski definition) is 2. The summed E-state index contributed by atoms with van der Waals surface area (Å²) in [5, 5.41) is 16.6. The molecule has 0 heterocycles. The van der Waals surface area contributed by atoms with Crippen LogP contribution in [0.4, 0.5) is 4.79 Å². The summed E-state index contributed by atoms with van der Waals surface area (Å²) in [6.07, 6.45) is 0.920. The fourth-order valence-electron chi connectivity index (χ4n) is 3.21. The van der Waals surface area contributed by atoms with E-state index in [1.54, 1.807) is 27.0 Å². The zero-order valence-electron chi connectivity index (χ0n) is 18.1. The van der Waals surface area contributed by atoms with Gasteiger partial charge in [0.2, 0.25) is 0 Å². The molecule has 1 amide bonds. The van der Waals surface area contributed by atoms with E-state index in [1.807, 2.05) is 30.3 Å². The van der Waals surface area contributed by atoms with Crippen LogP contribution in [0.25, 0.3) is 21.9 Å². The molecule has 3 aromatic rings. The van der Waals surface area contributed by atoms with Crippen molar-refractivity contribution in [2.45, 2.75) is 32.9 Å². The molecule has 0 spiro atoms. The summed E-state index contributed by atoms with van der Waals surface area (Å²) in [5.41, 5.74) is 2.85. The van der Waals surface area contributed by atoms with Gasteiger partial charge in [-0.05, 0) is 0 Å². The molecule has 6 nitrogen and oxygen atoms in total. The number of amides is 1. The molecular formula is C24H23BBrN3O3. The van der Waals surface area contributed by atoms with Crippen LogP contribution in [0, 0.1) is 11.5 Å². The van der Waals surface area contributed by atoms with E-state index in [-0.39, 0.29) is 5.71 Å². The topological polar surface area (TPSA) is 83.4 Å². The summed E-state index contributed by atoms with van der Waals surface area (Å²) in [6, 6.07) is 20.5. The van der Waals surface area contributed by atoms with Gasteiger partial charge in [0.15, 0.2) is 0 Å². The van der Waals surface area contributed by atoms with Crippen molar-refractivity contribution >= 4 is 45.6 Å². The average Bonchev–Trinajstić information content (AvgIpc) is 2.74. The van der Waals surface area contributed by atoms with Crippen molar-refractivity contribution < 1.29 is 14.2 Å². The van der Waals surface area contributed by atoms with Gasteiger partial charge in [-0.25, -0.2) is 0 Å². The fraction of sp³-hybridized carbons (Fsp3) is 0.208. The first-order valence-electron chi connectivity index (χ1n) is 10.0. The van der Waals surface area contributed by atoms with Crippen molar-refractivity contribution in [2.75, 3.05) is 0 Å². The number of carbonyl (C=O) groups excluding carboxylic acids is 1. The molecule has 0 aliphatic heterocycles. The molecule has 0 saturated carbocycles. The Morgan fingerprint density at radius 1 is 1.06 bits per heavy atom. The Bertz CT molecular complexity index is 1180. The van der Waals surface area contributed by atoms with Crippen LogP contribution in [0.15, 0.2) is 65.1 Å². The quantitative estimate of drug-likeness (QED) is 0.370. The van der Waals surface area contributed by atoms with Crippen LogP contribution in [0.3, 0.4) is 0 Å². The number of nitrogens with one attached hydrogen (secondary N) is 2. The predicted molar refractivity (Wildman–Crippen MR) is 131 cm³/mol. The van der Waals surface area contributed by atoms with Gasteiger partial charge in [0.25, 0.3) is 0 Å². The Morgan fingerprint density at radius 3 is 2.44 bits per heavy atom. The van der Waals surface area contributed by atoms with E-state index in [2.05, 4.69) is 56.9 Å². The minimum absolute atomic E-state index is 0.224. The summed E-state index contributed by atoms with van der Waals surface area (Å²) in [6.45, 7) is 5.72. The number of nitriles is 1. The van der Waals surface area contributed by atoms with Crippen LogP contribution in [0.2, 0.25) is 0 Å². The number of fused-ring (bicyclic) bond motifs is 1. The standard InChI is InChI=1S/C24H23BBrN3O3/c1-24(2,3)32-23(30)29-22(25-31-15-27)28-14-17-6-4-9-21-19(7-5-8-20(17)21)16-10-12-18(26)13-11-16/h4-13,28H,14H2,1-3H3,(H,29,30). The van der Waals surface area contributed by atoms with Crippen LogP contribution < -0.4 is 10.6 Å². The van der Waals surface area contributed by atoms with Crippen LogP contribution in [0.1, 0.15) is 26.3 Å². The zero-order chi connectivity index (χ0) is 23.1. The van der Waals surface area contributed by atoms with E-state index >= 15 is 0 Å². The Balaban J connectivity index is 1.84. The molecule has 0 aliphatic rings. The van der Waals surface area contributed by atoms with Gasteiger partial charge in [-0.3, -0.25) is 0 Å². The number of nitrogens with zero attached hydrogens (tertiary/aromatic N) is 1. The molecule has 0 unspecified atom stereocenters. The second kappa shape index (κ2) is 10.3. The average molecular weight is 492 g/mol. The Morgan fingerprint density at radius 2 is 1.75 bits per heavy atom. The molecule has 2 N–H and O–H groups in total. The van der Waals surface area contributed by atoms with E-state index < -0.39 is 11.7 Å². The van der Waals surface area contributed by atoms with Gasteiger partial charge in [0.1, 0.15) is 0 Å². The van der Waals surface area contributed by atoms with E-state index in [4.69, 9.17) is 14.7 Å². The molecule has 0 bridgehead atoms. The third kappa shape index (κ3) is 6.35. The van der Waals surface area contributed by atoms with Crippen molar-refractivity contribution in [2.24, 2.45) is 0 Å². The molecule has 32 heavy (non-hydrogen) atoms. The number of rotatable bonds is 6. The number of hydrogen-bond acceptors (Lipinski definition) is 5. The van der Waals surface area contributed by atoms with Crippen molar-refractivity contribution in [3.05, 3.63) is 70.7 Å². The predicted octanol–water partition coefficient (Wildman–Crippen LogP) is 5.09. The zero-order valence-corrected chi connectivity index (χ0v) is 19.7. The monoisotopic (exact) mass is 491 g/mol. The number of halogens is 1. The Hall–Kier alpha value is -3.31. The van der Waals surface area contributed by atoms with Crippen LogP contribution in [-0.2, 0) is 15.9 Å². The molecule has 0 aromatic heterocycles. The van der Waals surface area contributed by atoms with Crippen LogP contribution in [0.5, 0.6) is 0 Å². The normalized spacial score (nSPS) is 11.3. The second-order valence-corrected chi connectivity index (χ2v) is 8.96. The molecule has 0 atom stereocenters. The van der Waals surface area contributed by atoms with Crippen LogP contribution in [-0.4, -0.2) is 24.5 Å². The number of ether oxygens (including phenoxy) is 1. The maximum atomic E-state index is 12.1. The van der Waals surface area contributed by atoms with Crippen molar-refractivity contribution in [1.29, 1.82) is 5.26 Å². The second-order valence-electron chi connectivity index (χ2n) is 8.05.